The van der Waals surface area contributed by atoms with Crippen molar-refractivity contribution in [2.75, 3.05) is 26.3 Å². The molecule has 92 valence electrons. The number of nitrogens with zero attached hydrogens (tertiary/aromatic N) is 4. The topological polar surface area (TPSA) is 90.5 Å². The van der Waals surface area contributed by atoms with Crippen LogP contribution in [0.15, 0.2) is 12.3 Å². The summed E-state index contributed by atoms with van der Waals surface area (Å²) in [5.74, 6) is -0.355. The molecule has 0 aliphatic carbocycles. The summed E-state index contributed by atoms with van der Waals surface area (Å²) in [6, 6.07) is 1.27. The Balaban J connectivity index is 1.94. The lowest BCUT2D eigenvalue weighted by Crippen LogP contribution is -2.42. The average molecular weight is 240 g/mol. The summed E-state index contributed by atoms with van der Waals surface area (Å²) in [6.07, 6.45) is 1.43. The zero-order valence-electron chi connectivity index (χ0n) is 9.11. The Morgan fingerprint density at radius 2 is 2.24 bits per heavy atom. The maximum Gasteiger partial charge on any atom is 0.389 e. The van der Waals surface area contributed by atoms with Crippen molar-refractivity contribution in [3.63, 3.8) is 0 Å². The largest absolute Gasteiger partial charge is 0.389 e. The number of rotatable bonds is 3. The summed E-state index contributed by atoms with van der Waals surface area (Å²) in [7, 11) is 0. The number of aromatic nitrogens is 2. The molecule has 0 bridgehead atoms. The molecular formula is C9H12N4O4. The first kappa shape index (κ1) is 11.5. The van der Waals surface area contributed by atoms with Gasteiger partial charge in [0.25, 0.3) is 0 Å². The van der Waals surface area contributed by atoms with E-state index in [1.807, 2.05) is 0 Å². The van der Waals surface area contributed by atoms with E-state index in [1.54, 1.807) is 4.90 Å². The number of amides is 1. The highest BCUT2D eigenvalue weighted by Gasteiger charge is 2.19. The highest BCUT2D eigenvalue weighted by atomic mass is 16.6. The van der Waals surface area contributed by atoms with Gasteiger partial charge in [-0.1, -0.05) is 0 Å². The fourth-order valence-corrected chi connectivity index (χ4v) is 1.59. The number of hydrogen-bond donors (Lipinski definition) is 0. The maximum atomic E-state index is 11.8. The van der Waals surface area contributed by atoms with E-state index in [1.165, 1.54) is 16.9 Å². The predicted molar refractivity (Wildman–Crippen MR) is 56.3 cm³/mol. The van der Waals surface area contributed by atoms with Crippen molar-refractivity contribution < 1.29 is 14.5 Å². The Morgan fingerprint density at radius 3 is 2.82 bits per heavy atom. The molecule has 0 aromatic carbocycles. The summed E-state index contributed by atoms with van der Waals surface area (Å²) >= 11 is 0. The van der Waals surface area contributed by atoms with Gasteiger partial charge < -0.3 is 19.8 Å². The molecule has 0 spiro atoms. The van der Waals surface area contributed by atoms with E-state index in [0.717, 1.165) is 0 Å². The van der Waals surface area contributed by atoms with E-state index in [-0.39, 0.29) is 18.3 Å². The highest BCUT2D eigenvalue weighted by Crippen LogP contribution is 2.06. The number of carbonyl (C=O) groups is 1. The monoisotopic (exact) mass is 240 g/mol. The molecule has 8 nitrogen and oxygen atoms in total. The zero-order chi connectivity index (χ0) is 12.3. The summed E-state index contributed by atoms with van der Waals surface area (Å²) in [6.45, 7) is 2.20. The van der Waals surface area contributed by atoms with Crippen LogP contribution in [0, 0.1) is 10.1 Å². The third kappa shape index (κ3) is 2.78. The molecule has 1 saturated heterocycles. The van der Waals surface area contributed by atoms with Gasteiger partial charge in [-0.05, 0) is 4.92 Å². The maximum absolute atomic E-state index is 11.8. The second-order valence-corrected chi connectivity index (χ2v) is 3.62. The quantitative estimate of drug-likeness (QED) is 0.532. The minimum Gasteiger partial charge on any atom is -0.378 e. The number of hydrogen-bond acceptors (Lipinski definition) is 5. The molecule has 0 atom stereocenters. The van der Waals surface area contributed by atoms with Crippen molar-refractivity contribution in [3.05, 3.63) is 22.4 Å². The zero-order valence-corrected chi connectivity index (χ0v) is 9.11. The molecule has 2 heterocycles. The van der Waals surface area contributed by atoms with Crippen LogP contribution in [0.3, 0.4) is 0 Å². The Bertz CT molecular complexity index is 424. The number of morpholine rings is 1. The minimum absolute atomic E-state index is 0.0217. The van der Waals surface area contributed by atoms with Gasteiger partial charge in [0.05, 0.1) is 30.6 Å². The molecule has 1 aliphatic heterocycles. The lowest BCUT2D eigenvalue weighted by Gasteiger charge is -2.26. The number of nitro groups is 1. The molecule has 1 amide bonds. The first-order chi connectivity index (χ1) is 8.16. The van der Waals surface area contributed by atoms with Gasteiger partial charge in [0, 0.05) is 13.1 Å². The third-order valence-electron chi connectivity index (χ3n) is 2.47. The van der Waals surface area contributed by atoms with E-state index in [2.05, 4.69) is 5.10 Å². The summed E-state index contributed by atoms with van der Waals surface area (Å²) in [5, 5.41) is 14.1. The number of ether oxygens (including phenoxy) is 1. The third-order valence-corrected chi connectivity index (χ3v) is 2.47. The van der Waals surface area contributed by atoms with E-state index >= 15 is 0 Å². The Morgan fingerprint density at radius 1 is 1.53 bits per heavy atom. The fourth-order valence-electron chi connectivity index (χ4n) is 1.59. The number of carbonyl (C=O) groups excluding carboxylic acids is 1. The van der Waals surface area contributed by atoms with Gasteiger partial charge in [-0.3, -0.25) is 4.79 Å². The lowest BCUT2D eigenvalue weighted by molar-refractivity contribution is -0.389. The molecule has 0 N–H and O–H groups in total. The van der Waals surface area contributed by atoms with Crippen LogP contribution >= 0.6 is 0 Å². The summed E-state index contributed by atoms with van der Waals surface area (Å²) < 4.78 is 6.40. The molecule has 1 aromatic heterocycles. The second-order valence-electron chi connectivity index (χ2n) is 3.62. The molecule has 0 radical (unpaired) electrons. The van der Waals surface area contributed by atoms with Crippen molar-refractivity contribution in [2.45, 2.75) is 6.54 Å². The minimum atomic E-state index is -0.588. The normalized spacial score (nSPS) is 15.9. The molecule has 0 unspecified atom stereocenters. The van der Waals surface area contributed by atoms with Crippen molar-refractivity contribution in [2.24, 2.45) is 0 Å². The Kier molecular flexibility index (Phi) is 3.33. The van der Waals surface area contributed by atoms with Crippen molar-refractivity contribution in [1.82, 2.24) is 14.7 Å². The molecule has 1 fully saturated rings. The summed E-state index contributed by atoms with van der Waals surface area (Å²) in [4.78, 5) is 23.3. The van der Waals surface area contributed by atoms with Crippen molar-refractivity contribution >= 4 is 11.7 Å². The second kappa shape index (κ2) is 4.91. The molecule has 17 heavy (non-hydrogen) atoms. The van der Waals surface area contributed by atoms with E-state index in [0.29, 0.717) is 26.3 Å². The standard InChI is InChI=1S/C9H12N4O4/c14-9(11-3-5-17-6-4-11)7-12-2-1-8(10-12)13(15)16/h1-2H,3-7H2. The SMILES string of the molecule is O=C(Cn1ccc([N+](=O)[O-])n1)N1CCOCC1. The molecule has 1 aromatic rings. The van der Waals surface area contributed by atoms with E-state index < -0.39 is 4.92 Å². The molecule has 8 heteroatoms. The van der Waals surface area contributed by atoms with Crippen LogP contribution in [0.4, 0.5) is 5.82 Å². The van der Waals surface area contributed by atoms with Gasteiger partial charge in [0.1, 0.15) is 6.54 Å². The molecule has 2 rings (SSSR count). The molecular weight excluding hydrogens is 228 g/mol. The smallest absolute Gasteiger partial charge is 0.378 e. The van der Waals surface area contributed by atoms with E-state index in [4.69, 9.17) is 4.74 Å². The summed E-state index contributed by atoms with van der Waals surface area (Å²) in [5.41, 5.74) is 0. The van der Waals surface area contributed by atoms with E-state index in [9.17, 15) is 14.9 Å². The van der Waals surface area contributed by atoms with Gasteiger partial charge in [-0.15, -0.1) is 0 Å². The molecule has 1 aliphatic rings. The van der Waals surface area contributed by atoms with Crippen LogP contribution in [0.25, 0.3) is 0 Å². The van der Waals surface area contributed by atoms with Gasteiger partial charge >= 0.3 is 5.82 Å². The first-order valence-corrected chi connectivity index (χ1v) is 5.20. The predicted octanol–water partition coefficient (Wildman–Crippen LogP) is -0.350. The fraction of sp³-hybridized carbons (Fsp3) is 0.556. The highest BCUT2D eigenvalue weighted by molar-refractivity contribution is 5.76. The van der Waals surface area contributed by atoms with Crippen LogP contribution in [0.5, 0.6) is 0 Å². The lowest BCUT2D eigenvalue weighted by atomic mass is 10.4. The van der Waals surface area contributed by atoms with Crippen LogP contribution in [-0.4, -0.2) is 51.8 Å². The van der Waals surface area contributed by atoms with Gasteiger partial charge in [-0.2, -0.15) is 4.68 Å². The Labute approximate surface area is 96.9 Å². The Hall–Kier alpha value is -1.96. The van der Waals surface area contributed by atoms with Gasteiger partial charge in [0.15, 0.2) is 0 Å². The first-order valence-electron chi connectivity index (χ1n) is 5.20. The van der Waals surface area contributed by atoms with Gasteiger partial charge in [-0.25, -0.2) is 0 Å². The van der Waals surface area contributed by atoms with Crippen molar-refractivity contribution in [3.8, 4) is 0 Å². The van der Waals surface area contributed by atoms with Crippen molar-refractivity contribution in [1.29, 1.82) is 0 Å². The average Bonchev–Trinajstić information content (AvgIpc) is 2.79. The molecule has 0 saturated carbocycles. The van der Waals surface area contributed by atoms with Crippen LogP contribution in [0.1, 0.15) is 0 Å². The van der Waals surface area contributed by atoms with Crippen LogP contribution in [-0.2, 0) is 16.1 Å². The van der Waals surface area contributed by atoms with Crippen LogP contribution < -0.4 is 0 Å². The van der Waals surface area contributed by atoms with Crippen LogP contribution in [0.2, 0.25) is 0 Å². The van der Waals surface area contributed by atoms with Gasteiger partial charge in [0.2, 0.25) is 5.91 Å².